The molecule has 0 aliphatic rings. The molecule has 1 aromatic rings. The van der Waals surface area contributed by atoms with Crippen molar-refractivity contribution in [2.24, 2.45) is 0 Å². The van der Waals surface area contributed by atoms with Gasteiger partial charge in [0.25, 0.3) is 5.69 Å². The van der Waals surface area contributed by atoms with E-state index in [0.29, 0.717) is 19.0 Å². The average molecular weight is 221 g/mol. The zero-order chi connectivity index (χ0) is 11.8. The van der Waals surface area contributed by atoms with Crippen molar-refractivity contribution in [3.63, 3.8) is 0 Å². The minimum Gasteiger partial charge on any atom is -0.491 e. The van der Waals surface area contributed by atoms with E-state index < -0.39 is 4.92 Å². The number of ether oxygens (including phenoxy) is 2. The van der Waals surface area contributed by atoms with E-state index in [2.05, 4.69) is 5.92 Å². The van der Waals surface area contributed by atoms with Gasteiger partial charge in [-0.25, -0.2) is 0 Å². The number of nitro benzene ring substituents is 1. The van der Waals surface area contributed by atoms with Crippen molar-refractivity contribution in [1.29, 1.82) is 0 Å². The summed E-state index contributed by atoms with van der Waals surface area (Å²) in [6, 6.07) is 5.86. The van der Waals surface area contributed by atoms with E-state index in [1.807, 2.05) is 0 Å². The summed E-state index contributed by atoms with van der Waals surface area (Å²) in [5, 5.41) is 10.4. The third-order valence-electron chi connectivity index (χ3n) is 1.73. The average Bonchev–Trinajstić information content (AvgIpc) is 2.29. The van der Waals surface area contributed by atoms with Crippen molar-refractivity contribution in [2.45, 2.75) is 0 Å². The SMILES string of the molecule is C#CCOCCOc1ccc([N+](=O)[O-])cc1. The van der Waals surface area contributed by atoms with Crippen LogP contribution in [0.2, 0.25) is 0 Å². The Bertz CT molecular complexity index is 380. The molecule has 1 rings (SSSR count). The van der Waals surface area contributed by atoms with Crippen LogP contribution in [0.4, 0.5) is 5.69 Å². The van der Waals surface area contributed by atoms with Crippen LogP contribution < -0.4 is 4.74 Å². The van der Waals surface area contributed by atoms with E-state index in [4.69, 9.17) is 15.9 Å². The molecule has 0 N–H and O–H groups in total. The molecule has 0 atom stereocenters. The van der Waals surface area contributed by atoms with Gasteiger partial charge in [-0.15, -0.1) is 6.42 Å². The van der Waals surface area contributed by atoms with Gasteiger partial charge in [0.2, 0.25) is 0 Å². The molecule has 0 saturated carbocycles. The van der Waals surface area contributed by atoms with Crippen LogP contribution in [0.5, 0.6) is 5.75 Å². The van der Waals surface area contributed by atoms with Gasteiger partial charge < -0.3 is 9.47 Å². The molecule has 84 valence electrons. The van der Waals surface area contributed by atoms with Crippen molar-refractivity contribution in [1.82, 2.24) is 0 Å². The van der Waals surface area contributed by atoms with E-state index in [9.17, 15) is 10.1 Å². The predicted molar refractivity (Wildman–Crippen MR) is 58.2 cm³/mol. The third-order valence-corrected chi connectivity index (χ3v) is 1.73. The van der Waals surface area contributed by atoms with Gasteiger partial charge in [0.1, 0.15) is 19.0 Å². The van der Waals surface area contributed by atoms with Crippen molar-refractivity contribution in [3.8, 4) is 18.1 Å². The minimum atomic E-state index is -0.459. The highest BCUT2D eigenvalue weighted by Gasteiger charge is 2.03. The third kappa shape index (κ3) is 3.98. The topological polar surface area (TPSA) is 61.6 Å². The number of benzene rings is 1. The Labute approximate surface area is 93.1 Å². The van der Waals surface area contributed by atoms with Crippen LogP contribution in [-0.4, -0.2) is 24.7 Å². The number of nitrogens with zero attached hydrogens (tertiary/aromatic N) is 1. The van der Waals surface area contributed by atoms with E-state index in [1.165, 1.54) is 12.1 Å². The maximum Gasteiger partial charge on any atom is 0.269 e. The zero-order valence-corrected chi connectivity index (χ0v) is 8.59. The smallest absolute Gasteiger partial charge is 0.269 e. The molecule has 16 heavy (non-hydrogen) atoms. The molecule has 0 amide bonds. The second-order valence-electron chi connectivity index (χ2n) is 2.86. The van der Waals surface area contributed by atoms with E-state index in [0.717, 1.165) is 0 Å². The summed E-state index contributed by atoms with van der Waals surface area (Å²) in [4.78, 5) is 9.91. The van der Waals surface area contributed by atoms with Crippen molar-refractivity contribution in [3.05, 3.63) is 34.4 Å². The Morgan fingerprint density at radius 2 is 2.00 bits per heavy atom. The quantitative estimate of drug-likeness (QED) is 0.317. The molecule has 0 spiro atoms. The van der Waals surface area contributed by atoms with Gasteiger partial charge in [-0.2, -0.15) is 0 Å². The molecule has 0 aliphatic carbocycles. The van der Waals surface area contributed by atoms with Crippen LogP contribution in [0.3, 0.4) is 0 Å². The van der Waals surface area contributed by atoms with E-state index in [1.54, 1.807) is 12.1 Å². The Kier molecular flexibility index (Phi) is 4.83. The minimum absolute atomic E-state index is 0.0379. The Morgan fingerprint density at radius 1 is 1.31 bits per heavy atom. The van der Waals surface area contributed by atoms with Gasteiger partial charge in [-0.1, -0.05) is 5.92 Å². The molecule has 0 bridgehead atoms. The second kappa shape index (κ2) is 6.43. The monoisotopic (exact) mass is 221 g/mol. The van der Waals surface area contributed by atoms with Crippen molar-refractivity contribution < 1.29 is 14.4 Å². The van der Waals surface area contributed by atoms with Crippen LogP contribution in [0.15, 0.2) is 24.3 Å². The second-order valence-corrected chi connectivity index (χ2v) is 2.86. The van der Waals surface area contributed by atoms with Crippen molar-refractivity contribution >= 4 is 5.69 Å². The summed E-state index contributed by atoms with van der Waals surface area (Å²) in [6.45, 7) is 1.00. The molecular formula is C11H11NO4. The largest absolute Gasteiger partial charge is 0.491 e. The van der Waals surface area contributed by atoms with Crippen LogP contribution in [0.25, 0.3) is 0 Å². The number of terminal acetylenes is 1. The number of rotatable bonds is 6. The lowest BCUT2D eigenvalue weighted by Gasteiger charge is -2.05. The molecule has 0 fully saturated rings. The fourth-order valence-electron chi connectivity index (χ4n) is 1.01. The van der Waals surface area contributed by atoms with Gasteiger partial charge in [0, 0.05) is 12.1 Å². The first-order chi connectivity index (χ1) is 7.74. The Hall–Kier alpha value is -2.06. The first-order valence-corrected chi connectivity index (χ1v) is 4.62. The molecule has 0 saturated heterocycles. The van der Waals surface area contributed by atoms with E-state index in [-0.39, 0.29) is 12.3 Å². The number of nitro groups is 1. The lowest BCUT2D eigenvalue weighted by atomic mass is 10.3. The summed E-state index contributed by atoms with van der Waals surface area (Å²) in [7, 11) is 0. The van der Waals surface area contributed by atoms with Gasteiger partial charge in [-0.3, -0.25) is 10.1 Å². The first-order valence-electron chi connectivity index (χ1n) is 4.62. The number of hydrogen-bond donors (Lipinski definition) is 0. The molecule has 0 aromatic heterocycles. The van der Waals surface area contributed by atoms with Gasteiger partial charge in [-0.05, 0) is 12.1 Å². The standard InChI is InChI=1S/C11H11NO4/c1-2-7-15-8-9-16-11-5-3-10(4-6-11)12(13)14/h1,3-6H,7-9H2. The molecule has 0 unspecified atom stereocenters. The van der Waals surface area contributed by atoms with Crippen LogP contribution in [-0.2, 0) is 4.74 Å². The molecule has 5 heteroatoms. The predicted octanol–water partition coefficient (Wildman–Crippen LogP) is 1.62. The molecule has 1 aromatic carbocycles. The maximum atomic E-state index is 10.4. The maximum absolute atomic E-state index is 10.4. The fourth-order valence-corrected chi connectivity index (χ4v) is 1.01. The molecule has 5 nitrogen and oxygen atoms in total. The van der Waals surface area contributed by atoms with Crippen LogP contribution in [0.1, 0.15) is 0 Å². The lowest BCUT2D eigenvalue weighted by Crippen LogP contribution is -2.06. The van der Waals surface area contributed by atoms with Crippen molar-refractivity contribution in [2.75, 3.05) is 19.8 Å². The fraction of sp³-hybridized carbons (Fsp3) is 0.273. The number of non-ortho nitro benzene ring substituents is 1. The van der Waals surface area contributed by atoms with Gasteiger partial charge in [0.15, 0.2) is 0 Å². The lowest BCUT2D eigenvalue weighted by molar-refractivity contribution is -0.384. The van der Waals surface area contributed by atoms with Crippen LogP contribution >= 0.6 is 0 Å². The summed E-state index contributed by atoms with van der Waals surface area (Å²) in [5.74, 6) is 2.90. The highest BCUT2D eigenvalue weighted by Crippen LogP contribution is 2.16. The Morgan fingerprint density at radius 3 is 2.56 bits per heavy atom. The number of hydrogen-bond acceptors (Lipinski definition) is 4. The normalized spacial score (nSPS) is 9.44. The molecule has 0 heterocycles. The van der Waals surface area contributed by atoms with E-state index >= 15 is 0 Å². The van der Waals surface area contributed by atoms with Gasteiger partial charge in [0.05, 0.1) is 11.5 Å². The highest BCUT2D eigenvalue weighted by atomic mass is 16.6. The highest BCUT2D eigenvalue weighted by molar-refractivity contribution is 5.35. The Balaban J connectivity index is 2.33. The summed E-state index contributed by atoms with van der Waals surface area (Å²) >= 11 is 0. The summed E-state index contributed by atoms with van der Waals surface area (Å²) < 4.78 is 10.3. The van der Waals surface area contributed by atoms with Gasteiger partial charge >= 0.3 is 0 Å². The zero-order valence-electron chi connectivity index (χ0n) is 8.59. The molecular weight excluding hydrogens is 210 g/mol. The summed E-state index contributed by atoms with van der Waals surface area (Å²) in [6.07, 6.45) is 4.99. The molecule has 0 radical (unpaired) electrons. The van der Waals surface area contributed by atoms with Crippen LogP contribution in [0, 0.1) is 22.5 Å². The summed E-state index contributed by atoms with van der Waals surface area (Å²) in [5.41, 5.74) is 0.0379. The molecule has 0 aliphatic heterocycles. The first kappa shape index (κ1) is 12.0.